The summed E-state index contributed by atoms with van der Waals surface area (Å²) in [7, 11) is 0. The van der Waals surface area contributed by atoms with Crippen LogP contribution in [0.25, 0.3) is 0 Å². The Hall–Kier alpha value is -0.0300. The summed E-state index contributed by atoms with van der Waals surface area (Å²) >= 11 is 3.93. The van der Waals surface area contributed by atoms with Crippen molar-refractivity contribution in [3.05, 3.63) is 21.9 Å². The summed E-state index contributed by atoms with van der Waals surface area (Å²) in [6.45, 7) is 8.97. The van der Waals surface area contributed by atoms with Gasteiger partial charge in [-0.3, -0.25) is 4.90 Å². The Labute approximate surface area is 113 Å². The number of thioether (sulfide) groups is 1. The van der Waals surface area contributed by atoms with Gasteiger partial charge in [-0.25, -0.2) is 0 Å². The SMILES string of the molecule is Cc1ccsc1C(C(C)N)N1CCSC(C)C1. The molecule has 3 atom stereocenters. The van der Waals surface area contributed by atoms with Crippen LogP contribution in [0.3, 0.4) is 0 Å². The van der Waals surface area contributed by atoms with E-state index in [9.17, 15) is 0 Å². The molecular formula is C13H22N2S2. The molecule has 1 aromatic heterocycles. The van der Waals surface area contributed by atoms with Gasteiger partial charge in [-0.05, 0) is 30.9 Å². The zero-order chi connectivity index (χ0) is 12.4. The molecule has 4 heteroatoms. The van der Waals surface area contributed by atoms with Crippen molar-refractivity contribution in [3.63, 3.8) is 0 Å². The molecule has 2 N–H and O–H groups in total. The zero-order valence-corrected chi connectivity index (χ0v) is 12.5. The summed E-state index contributed by atoms with van der Waals surface area (Å²) in [6.07, 6.45) is 0. The van der Waals surface area contributed by atoms with Crippen LogP contribution in [-0.2, 0) is 0 Å². The van der Waals surface area contributed by atoms with E-state index < -0.39 is 0 Å². The van der Waals surface area contributed by atoms with E-state index in [1.165, 1.54) is 22.7 Å². The van der Waals surface area contributed by atoms with Gasteiger partial charge < -0.3 is 5.73 Å². The molecule has 0 bridgehead atoms. The Balaban J connectivity index is 2.20. The van der Waals surface area contributed by atoms with Crippen molar-refractivity contribution in [2.75, 3.05) is 18.8 Å². The monoisotopic (exact) mass is 270 g/mol. The first-order valence-electron chi connectivity index (χ1n) is 6.25. The summed E-state index contributed by atoms with van der Waals surface area (Å²) in [5.74, 6) is 1.23. The molecular weight excluding hydrogens is 248 g/mol. The van der Waals surface area contributed by atoms with Gasteiger partial charge >= 0.3 is 0 Å². The second-order valence-corrected chi connectivity index (χ2v) is 7.44. The standard InChI is InChI=1S/C13H22N2S2/c1-9-4-6-17-13(9)12(11(3)14)15-5-7-16-10(2)8-15/h4,6,10-12H,5,7-8,14H2,1-3H3. The van der Waals surface area contributed by atoms with E-state index in [-0.39, 0.29) is 6.04 Å². The fraction of sp³-hybridized carbons (Fsp3) is 0.692. The predicted molar refractivity (Wildman–Crippen MR) is 78.9 cm³/mol. The maximum Gasteiger partial charge on any atom is 0.0594 e. The first kappa shape index (κ1) is 13.4. The first-order valence-corrected chi connectivity index (χ1v) is 8.17. The summed E-state index contributed by atoms with van der Waals surface area (Å²) in [5, 5.41) is 2.91. The molecule has 1 aromatic rings. The summed E-state index contributed by atoms with van der Waals surface area (Å²) in [5.41, 5.74) is 7.62. The molecule has 3 unspecified atom stereocenters. The largest absolute Gasteiger partial charge is 0.326 e. The molecule has 2 rings (SSSR count). The van der Waals surface area contributed by atoms with Crippen LogP contribution in [-0.4, -0.2) is 35.0 Å². The van der Waals surface area contributed by atoms with E-state index in [0.29, 0.717) is 6.04 Å². The van der Waals surface area contributed by atoms with Gasteiger partial charge in [-0.2, -0.15) is 11.8 Å². The minimum Gasteiger partial charge on any atom is -0.326 e. The number of thiophene rings is 1. The number of hydrogen-bond donors (Lipinski definition) is 1. The fourth-order valence-corrected chi connectivity index (χ4v) is 4.74. The molecule has 1 aliphatic heterocycles. The van der Waals surface area contributed by atoms with Gasteiger partial charge in [0.05, 0.1) is 6.04 Å². The summed E-state index contributed by atoms with van der Waals surface area (Å²) < 4.78 is 0. The first-order chi connectivity index (χ1) is 8.09. The zero-order valence-electron chi connectivity index (χ0n) is 10.8. The molecule has 2 nitrogen and oxygen atoms in total. The van der Waals surface area contributed by atoms with Gasteiger partial charge in [0.2, 0.25) is 0 Å². The Morgan fingerprint density at radius 1 is 1.53 bits per heavy atom. The van der Waals surface area contributed by atoms with Crippen molar-refractivity contribution >= 4 is 23.1 Å². The summed E-state index contributed by atoms with van der Waals surface area (Å²) in [4.78, 5) is 4.03. The fourth-order valence-electron chi connectivity index (χ4n) is 2.52. The third-order valence-corrected chi connectivity index (χ3v) is 5.56. The van der Waals surface area contributed by atoms with Gasteiger partial charge in [0.25, 0.3) is 0 Å². The molecule has 0 aromatic carbocycles. The maximum atomic E-state index is 6.23. The van der Waals surface area contributed by atoms with Gasteiger partial charge in [-0.15, -0.1) is 11.3 Å². The molecule has 1 aliphatic rings. The third-order valence-electron chi connectivity index (χ3n) is 3.33. The normalized spacial score (nSPS) is 25.8. The lowest BCUT2D eigenvalue weighted by molar-refractivity contribution is 0.187. The molecule has 2 heterocycles. The molecule has 96 valence electrons. The second kappa shape index (κ2) is 5.74. The van der Waals surface area contributed by atoms with E-state index in [1.54, 1.807) is 0 Å². The van der Waals surface area contributed by atoms with Crippen LogP contribution in [0.4, 0.5) is 0 Å². The molecule has 1 fully saturated rings. The van der Waals surface area contributed by atoms with Crippen LogP contribution in [0, 0.1) is 6.92 Å². The highest BCUT2D eigenvalue weighted by Crippen LogP contribution is 2.33. The second-order valence-electron chi connectivity index (χ2n) is 4.95. The lowest BCUT2D eigenvalue weighted by Gasteiger charge is -2.38. The van der Waals surface area contributed by atoms with E-state index >= 15 is 0 Å². The minimum absolute atomic E-state index is 0.197. The van der Waals surface area contributed by atoms with Gasteiger partial charge in [0.15, 0.2) is 0 Å². The Morgan fingerprint density at radius 2 is 2.29 bits per heavy atom. The molecule has 0 saturated carbocycles. The van der Waals surface area contributed by atoms with E-state index in [2.05, 4.69) is 48.9 Å². The van der Waals surface area contributed by atoms with Gasteiger partial charge in [0.1, 0.15) is 0 Å². The number of hydrogen-bond acceptors (Lipinski definition) is 4. The van der Waals surface area contributed by atoms with E-state index in [0.717, 1.165) is 11.8 Å². The molecule has 0 aliphatic carbocycles. The van der Waals surface area contributed by atoms with Crippen LogP contribution in [0.5, 0.6) is 0 Å². The minimum atomic E-state index is 0.197. The maximum absolute atomic E-state index is 6.23. The highest BCUT2D eigenvalue weighted by atomic mass is 32.2. The van der Waals surface area contributed by atoms with Crippen molar-refractivity contribution < 1.29 is 0 Å². The number of nitrogens with zero attached hydrogens (tertiary/aromatic N) is 1. The highest BCUT2D eigenvalue weighted by molar-refractivity contribution is 7.99. The Kier molecular flexibility index (Phi) is 4.53. The van der Waals surface area contributed by atoms with E-state index in [1.807, 2.05) is 11.3 Å². The van der Waals surface area contributed by atoms with Crippen molar-refractivity contribution in [3.8, 4) is 0 Å². The number of nitrogens with two attached hydrogens (primary N) is 1. The molecule has 0 radical (unpaired) electrons. The third kappa shape index (κ3) is 3.05. The lowest BCUT2D eigenvalue weighted by Crippen LogP contribution is -2.45. The summed E-state index contributed by atoms with van der Waals surface area (Å²) in [6, 6.07) is 2.80. The molecule has 1 saturated heterocycles. The topological polar surface area (TPSA) is 29.3 Å². The Morgan fingerprint density at radius 3 is 2.82 bits per heavy atom. The Bertz CT molecular complexity index is 362. The van der Waals surface area contributed by atoms with Gasteiger partial charge in [0, 0.05) is 35.0 Å². The lowest BCUT2D eigenvalue weighted by atomic mass is 10.0. The number of aryl methyl sites for hydroxylation is 1. The van der Waals surface area contributed by atoms with E-state index in [4.69, 9.17) is 5.73 Å². The average Bonchev–Trinajstić information content (AvgIpc) is 2.65. The quantitative estimate of drug-likeness (QED) is 0.916. The highest BCUT2D eigenvalue weighted by Gasteiger charge is 2.29. The smallest absolute Gasteiger partial charge is 0.0594 e. The molecule has 17 heavy (non-hydrogen) atoms. The molecule has 0 amide bonds. The van der Waals surface area contributed by atoms with Crippen LogP contribution in [0.2, 0.25) is 0 Å². The van der Waals surface area contributed by atoms with Crippen LogP contribution in [0.15, 0.2) is 11.4 Å². The van der Waals surface area contributed by atoms with Crippen molar-refractivity contribution in [1.82, 2.24) is 4.90 Å². The van der Waals surface area contributed by atoms with Crippen LogP contribution < -0.4 is 5.73 Å². The van der Waals surface area contributed by atoms with Crippen molar-refractivity contribution in [2.24, 2.45) is 5.73 Å². The van der Waals surface area contributed by atoms with Crippen molar-refractivity contribution in [2.45, 2.75) is 38.1 Å². The number of rotatable bonds is 3. The molecule has 0 spiro atoms. The van der Waals surface area contributed by atoms with Crippen LogP contribution in [0.1, 0.15) is 30.3 Å². The predicted octanol–water partition coefficient (Wildman–Crippen LogP) is 2.88. The van der Waals surface area contributed by atoms with Crippen molar-refractivity contribution in [1.29, 1.82) is 0 Å². The average molecular weight is 270 g/mol. The van der Waals surface area contributed by atoms with Crippen LogP contribution >= 0.6 is 23.1 Å². The van der Waals surface area contributed by atoms with Gasteiger partial charge in [-0.1, -0.05) is 6.92 Å².